The van der Waals surface area contributed by atoms with Gasteiger partial charge in [0.25, 0.3) is 0 Å². The molecular formula is C20H26N4O2. The number of nitrogens with one attached hydrogen (secondary N) is 1. The van der Waals surface area contributed by atoms with E-state index in [1.165, 1.54) is 5.56 Å². The molecule has 2 amide bonds. The minimum Gasteiger partial charge on any atom is -0.356 e. The molecule has 1 aliphatic carbocycles. The average Bonchev–Trinajstić information content (AvgIpc) is 3.41. The highest BCUT2D eigenvalue weighted by atomic mass is 16.2. The molecule has 0 unspecified atom stereocenters. The Morgan fingerprint density at radius 1 is 1.23 bits per heavy atom. The maximum absolute atomic E-state index is 12.2. The molecule has 6 nitrogen and oxygen atoms in total. The van der Waals surface area contributed by atoms with Gasteiger partial charge in [0.05, 0.1) is 12.7 Å². The molecule has 6 heteroatoms. The third-order valence-electron chi connectivity index (χ3n) is 4.53. The van der Waals surface area contributed by atoms with Crippen LogP contribution in [-0.2, 0) is 22.7 Å². The first-order chi connectivity index (χ1) is 12.6. The van der Waals surface area contributed by atoms with Gasteiger partial charge in [-0.3, -0.25) is 14.3 Å². The van der Waals surface area contributed by atoms with Gasteiger partial charge in [-0.2, -0.15) is 5.10 Å². The Hall–Kier alpha value is -2.63. The molecule has 138 valence electrons. The zero-order chi connectivity index (χ0) is 18.4. The lowest BCUT2D eigenvalue weighted by atomic mass is 10.2. The van der Waals surface area contributed by atoms with Crippen molar-refractivity contribution in [3.8, 4) is 0 Å². The van der Waals surface area contributed by atoms with Gasteiger partial charge in [0.1, 0.15) is 0 Å². The minimum absolute atomic E-state index is 0.0847. The van der Waals surface area contributed by atoms with Gasteiger partial charge in [0, 0.05) is 44.2 Å². The van der Waals surface area contributed by atoms with Crippen molar-refractivity contribution >= 4 is 11.8 Å². The number of rotatable bonds is 9. The molecule has 0 spiro atoms. The molecular weight excluding hydrogens is 328 g/mol. The summed E-state index contributed by atoms with van der Waals surface area (Å²) >= 11 is 0. The van der Waals surface area contributed by atoms with Crippen LogP contribution in [0.4, 0.5) is 0 Å². The highest BCUT2D eigenvalue weighted by molar-refractivity contribution is 5.81. The van der Waals surface area contributed by atoms with E-state index in [-0.39, 0.29) is 17.7 Å². The molecule has 1 fully saturated rings. The summed E-state index contributed by atoms with van der Waals surface area (Å²) in [5, 5.41) is 7.26. The van der Waals surface area contributed by atoms with E-state index in [9.17, 15) is 9.59 Å². The van der Waals surface area contributed by atoms with Crippen LogP contribution in [0.2, 0.25) is 0 Å². The number of benzene rings is 1. The normalized spacial score (nSPS) is 13.4. The zero-order valence-corrected chi connectivity index (χ0v) is 15.2. The first kappa shape index (κ1) is 18.2. The average molecular weight is 354 g/mol. The molecule has 1 saturated carbocycles. The van der Waals surface area contributed by atoms with Crippen molar-refractivity contribution in [3.63, 3.8) is 0 Å². The largest absolute Gasteiger partial charge is 0.356 e. The van der Waals surface area contributed by atoms with Crippen LogP contribution in [0.1, 0.15) is 36.8 Å². The quantitative estimate of drug-likeness (QED) is 0.702. The number of carbonyl (C=O) groups excluding carboxylic acids is 2. The second-order valence-electron chi connectivity index (χ2n) is 6.95. The van der Waals surface area contributed by atoms with E-state index in [2.05, 4.69) is 22.5 Å². The second-order valence-corrected chi connectivity index (χ2v) is 6.95. The lowest BCUT2D eigenvalue weighted by molar-refractivity contribution is -0.130. The number of nitrogens with zero attached hydrogens (tertiary/aromatic N) is 3. The van der Waals surface area contributed by atoms with E-state index in [1.807, 2.05) is 35.3 Å². The number of carbonyl (C=O) groups is 2. The van der Waals surface area contributed by atoms with Crippen molar-refractivity contribution in [2.75, 3.05) is 13.6 Å². The molecule has 1 aromatic heterocycles. The van der Waals surface area contributed by atoms with Gasteiger partial charge in [-0.05, 0) is 24.8 Å². The van der Waals surface area contributed by atoms with E-state index in [0.29, 0.717) is 25.9 Å². The van der Waals surface area contributed by atoms with Gasteiger partial charge in [-0.25, -0.2) is 0 Å². The van der Waals surface area contributed by atoms with Crippen molar-refractivity contribution in [1.82, 2.24) is 20.0 Å². The number of aromatic nitrogens is 2. The van der Waals surface area contributed by atoms with E-state index < -0.39 is 0 Å². The summed E-state index contributed by atoms with van der Waals surface area (Å²) in [5.74, 6) is 0.443. The van der Waals surface area contributed by atoms with Crippen LogP contribution in [0.5, 0.6) is 0 Å². The van der Waals surface area contributed by atoms with E-state index in [1.54, 1.807) is 11.9 Å². The number of amides is 2. The van der Waals surface area contributed by atoms with Gasteiger partial charge in [0.15, 0.2) is 0 Å². The van der Waals surface area contributed by atoms with Crippen LogP contribution in [0.3, 0.4) is 0 Å². The molecule has 26 heavy (non-hydrogen) atoms. The molecule has 0 saturated heterocycles. The van der Waals surface area contributed by atoms with Crippen LogP contribution in [0, 0.1) is 5.92 Å². The first-order valence-corrected chi connectivity index (χ1v) is 9.19. The van der Waals surface area contributed by atoms with Crippen LogP contribution in [-0.4, -0.2) is 40.1 Å². The van der Waals surface area contributed by atoms with E-state index in [4.69, 9.17) is 0 Å². The Morgan fingerprint density at radius 3 is 2.73 bits per heavy atom. The molecule has 1 N–H and O–H groups in total. The fourth-order valence-corrected chi connectivity index (χ4v) is 2.84. The van der Waals surface area contributed by atoms with Crippen LogP contribution in [0.25, 0.3) is 0 Å². The zero-order valence-electron chi connectivity index (χ0n) is 15.2. The standard InChI is InChI=1S/C20H26N4O2/c1-23(19(25)8-5-11-21-20(26)18-9-10-18)13-17-12-22-24(15-17)14-16-6-3-2-4-7-16/h2-4,6-7,12,15,18H,5,8-11,13-14H2,1H3,(H,21,26). The molecule has 3 rings (SSSR count). The van der Waals surface area contributed by atoms with Gasteiger partial charge >= 0.3 is 0 Å². The van der Waals surface area contributed by atoms with Crippen LogP contribution in [0.15, 0.2) is 42.7 Å². The fraction of sp³-hybridized carbons (Fsp3) is 0.450. The molecule has 2 aromatic rings. The highest BCUT2D eigenvalue weighted by Gasteiger charge is 2.29. The van der Waals surface area contributed by atoms with Gasteiger partial charge < -0.3 is 10.2 Å². The van der Waals surface area contributed by atoms with Gasteiger partial charge in [-0.15, -0.1) is 0 Å². The van der Waals surface area contributed by atoms with E-state index >= 15 is 0 Å². The SMILES string of the molecule is CN(Cc1cnn(Cc2ccccc2)c1)C(=O)CCCNC(=O)C1CC1. The summed E-state index contributed by atoms with van der Waals surface area (Å²) in [6, 6.07) is 10.2. The molecule has 0 bridgehead atoms. The first-order valence-electron chi connectivity index (χ1n) is 9.19. The smallest absolute Gasteiger partial charge is 0.223 e. The second kappa shape index (κ2) is 8.65. The summed E-state index contributed by atoms with van der Waals surface area (Å²) in [6.07, 6.45) is 6.92. The Kier molecular flexibility index (Phi) is 6.04. The van der Waals surface area contributed by atoms with Crippen LogP contribution < -0.4 is 5.32 Å². The molecule has 0 aliphatic heterocycles. The topological polar surface area (TPSA) is 67.2 Å². The Morgan fingerprint density at radius 2 is 2.00 bits per heavy atom. The summed E-state index contributed by atoms with van der Waals surface area (Å²) in [4.78, 5) is 25.5. The maximum atomic E-state index is 12.2. The van der Waals surface area contributed by atoms with Crippen LogP contribution >= 0.6 is 0 Å². The summed E-state index contributed by atoms with van der Waals surface area (Å²) < 4.78 is 1.89. The summed E-state index contributed by atoms with van der Waals surface area (Å²) in [7, 11) is 1.81. The third kappa shape index (κ3) is 5.44. The monoisotopic (exact) mass is 354 g/mol. The predicted molar refractivity (Wildman–Crippen MR) is 99.2 cm³/mol. The number of hydrogen-bond donors (Lipinski definition) is 1. The van der Waals surface area contributed by atoms with Crippen molar-refractivity contribution in [2.45, 2.75) is 38.8 Å². The maximum Gasteiger partial charge on any atom is 0.223 e. The lowest BCUT2D eigenvalue weighted by Gasteiger charge is -2.16. The Balaban J connectivity index is 1.38. The van der Waals surface area contributed by atoms with Crippen molar-refractivity contribution in [3.05, 3.63) is 53.9 Å². The Bertz CT molecular complexity index is 737. The van der Waals surface area contributed by atoms with E-state index in [0.717, 1.165) is 24.9 Å². The molecule has 0 atom stereocenters. The Labute approximate surface area is 154 Å². The molecule has 1 aliphatic rings. The number of hydrogen-bond acceptors (Lipinski definition) is 3. The molecule has 1 heterocycles. The van der Waals surface area contributed by atoms with Crippen molar-refractivity contribution < 1.29 is 9.59 Å². The lowest BCUT2D eigenvalue weighted by Crippen LogP contribution is -2.29. The highest BCUT2D eigenvalue weighted by Crippen LogP contribution is 2.28. The summed E-state index contributed by atoms with van der Waals surface area (Å²) in [6.45, 7) is 1.84. The van der Waals surface area contributed by atoms with Gasteiger partial charge in [-0.1, -0.05) is 30.3 Å². The van der Waals surface area contributed by atoms with Crippen molar-refractivity contribution in [1.29, 1.82) is 0 Å². The summed E-state index contributed by atoms with van der Waals surface area (Å²) in [5.41, 5.74) is 2.21. The molecule has 0 radical (unpaired) electrons. The fourth-order valence-electron chi connectivity index (χ4n) is 2.84. The third-order valence-corrected chi connectivity index (χ3v) is 4.53. The minimum atomic E-state index is 0.0847. The molecule has 1 aromatic carbocycles. The predicted octanol–water partition coefficient (Wildman–Crippen LogP) is 2.20. The van der Waals surface area contributed by atoms with Gasteiger partial charge in [0.2, 0.25) is 11.8 Å². The van der Waals surface area contributed by atoms with Crippen molar-refractivity contribution in [2.24, 2.45) is 5.92 Å².